The summed E-state index contributed by atoms with van der Waals surface area (Å²) in [6.45, 7) is 0. The molecule has 3 rings (SSSR count). The van der Waals surface area contributed by atoms with E-state index in [0.717, 1.165) is 5.52 Å². The summed E-state index contributed by atoms with van der Waals surface area (Å²) in [5.74, 6) is 0.824. The summed E-state index contributed by atoms with van der Waals surface area (Å²) in [6, 6.07) is 11.4. The Bertz CT molecular complexity index is 849. The summed E-state index contributed by atoms with van der Waals surface area (Å²) < 4.78 is 26.1. The monoisotopic (exact) mass is 282 g/mol. The summed E-state index contributed by atoms with van der Waals surface area (Å²) in [5.41, 5.74) is 1.25. The van der Waals surface area contributed by atoms with Gasteiger partial charge in [0.15, 0.2) is 17.2 Å². The molecule has 0 aliphatic rings. The Kier molecular flexibility index (Phi) is 3.20. The molecule has 104 valence electrons. The standard InChI is InChI=1S/C16H11FN2O2/c1-20-15-5-4-12(17)8-16(15)21-14-3-2-6-19-10-11(9-18)7-13(14)19/h2-8,10H,1H3. The molecule has 1 aromatic carbocycles. The molecule has 0 aliphatic carbocycles. The number of benzene rings is 1. The topological polar surface area (TPSA) is 46.7 Å². The fourth-order valence-corrected chi connectivity index (χ4v) is 2.10. The first-order valence-corrected chi connectivity index (χ1v) is 6.23. The van der Waals surface area contributed by atoms with Crippen LogP contribution in [0.5, 0.6) is 17.2 Å². The van der Waals surface area contributed by atoms with Crippen LogP contribution in [-0.4, -0.2) is 11.5 Å². The molecule has 0 saturated heterocycles. The number of nitriles is 1. The van der Waals surface area contributed by atoms with Gasteiger partial charge in [-0.25, -0.2) is 4.39 Å². The second-order valence-electron chi connectivity index (χ2n) is 4.40. The van der Waals surface area contributed by atoms with Crippen LogP contribution < -0.4 is 9.47 Å². The van der Waals surface area contributed by atoms with E-state index in [0.29, 0.717) is 17.1 Å². The van der Waals surface area contributed by atoms with Crippen molar-refractivity contribution in [1.29, 1.82) is 5.26 Å². The number of halogens is 1. The number of nitrogens with zero attached hydrogens (tertiary/aromatic N) is 2. The van der Waals surface area contributed by atoms with Crippen LogP contribution in [0.2, 0.25) is 0 Å². The van der Waals surface area contributed by atoms with E-state index in [1.807, 2.05) is 6.20 Å². The Morgan fingerprint density at radius 3 is 2.76 bits per heavy atom. The molecule has 2 heterocycles. The van der Waals surface area contributed by atoms with E-state index >= 15 is 0 Å². The Labute approximate surface area is 120 Å². The van der Waals surface area contributed by atoms with Gasteiger partial charge in [-0.1, -0.05) is 0 Å². The molecule has 0 amide bonds. The lowest BCUT2D eigenvalue weighted by Gasteiger charge is -2.11. The number of aromatic nitrogens is 1. The van der Waals surface area contributed by atoms with Gasteiger partial charge in [-0.15, -0.1) is 0 Å². The average Bonchev–Trinajstić information content (AvgIpc) is 2.92. The molecule has 0 fully saturated rings. The fourth-order valence-electron chi connectivity index (χ4n) is 2.10. The first-order chi connectivity index (χ1) is 10.2. The molecule has 0 saturated carbocycles. The van der Waals surface area contributed by atoms with Gasteiger partial charge in [-0.2, -0.15) is 5.26 Å². The molecule has 2 aromatic heterocycles. The maximum atomic E-state index is 13.4. The van der Waals surface area contributed by atoms with Crippen LogP contribution in [0.25, 0.3) is 5.52 Å². The summed E-state index contributed by atoms with van der Waals surface area (Å²) in [4.78, 5) is 0. The number of hydrogen-bond donors (Lipinski definition) is 0. The Balaban J connectivity index is 2.08. The molecule has 3 aromatic rings. The van der Waals surface area contributed by atoms with Crippen molar-refractivity contribution in [1.82, 2.24) is 4.40 Å². The summed E-state index contributed by atoms with van der Waals surface area (Å²) in [5, 5.41) is 8.96. The molecule has 0 radical (unpaired) electrons. The molecule has 21 heavy (non-hydrogen) atoms. The third-order valence-electron chi connectivity index (χ3n) is 3.07. The van der Waals surface area contributed by atoms with Crippen molar-refractivity contribution in [3.63, 3.8) is 0 Å². The van der Waals surface area contributed by atoms with E-state index in [1.165, 1.54) is 25.3 Å². The molecule has 0 spiro atoms. The highest BCUT2D eigenvalue weighted by molar-refractivity contribution is 5.65. The van der Waals surface area contributed by atoms with Crippen LogP contribution in [0.1, 0.15) is 5.56 Å². The quantitative estimate of drug-likeness (QED) is 0.735. The van der Waals surface area contributed by atoms with E-state index in [4.69, 9.17) is 14.7 Å². The van der Waals surface area contributed by atoms with Crippen LogP contribution in [0.3, 0.4) is 0 Å². The van der Waals surface area contributed by atoms with Gasteiger partial charge in [-0.05, 0) is 30.3 Å². The Hall–Kier alpha value is -3.00. The highest BCUT2D eigenvalue weighted by Gasteiger charge is 2.10. The van der Waals surface area contributed by atoms with Gasteiger partial charge >= 0.3 is 0 Å². The molecule has 0 unspecified atom stereocenters. The Morgan fingerprint density at radius 2 is 2.00 bits per heavy atom. The lowest BCUT2D eigenvalue weighted by molar-refractivity contribution is 0.377. The van der Waals surface area contributed by atoms with Crippen molar-refractivity contribution in [3.8, 4) is 23.3 Å². The van der Waals surface area contributed by atoms with Gasteiger partial charge < -0.3 is 13.9 Å². The highest BCUT2D eigenvalue weighted by atomic mass is 19.1. The average molecular weight is 282 g/mol. The molecule has 4 nitrogen and oxygen atoms in total. The zero-order valence-corrected chi connectivity index (χ0v) is 11.2. The number of ether oxygens (including phenoxy) is 2. The van der Waals surface area contributed by atoms with E-state index in [-0.39, 0.29) is 5.75 Å². The van der Waals surface area contributed by atoms with Crippen molar-refractivity contribution < 1.29 is 13.9 Å². The van der Waals surface area contributed by atoms with Gasteiger partial charge in [0, 0.05) is 18.5 Å². The number of rotatable bonds is 3. The minimum atomic E-state index is -0.411. The maximum Gasteiger partial charge on any atom is 0.172 e. The predicted octanol–water partition coefficient (Wildman–Crippen LogP) is 3.75. The Morgan fingerprint density at radius 1 is 1.14 bits per heavy atom. The normalized spacial score (nSPS) is 10.3. The second-order valence-corrected chi connectivity index (χ2v) is 4.40. The lowest BCUT2D eigenvalue weighted by atomic mass is 10.3. The minimum Gasteiger partial charge on any atom is -0.493 e. The van der Waals surface area contributed by atoms with Crippen LogP contribution in [0, 0.1) is 17.1 Å². The second kappa shape index (κ2) is 5.17. The third kappa shape index (κ3) is 2.39. The molecule has 0 atom stereocenters. The zero-order chi connectivity index (χ0) is 14.8. The summed E-state index contributed by atoms with van der Waals surface area (Å²) >= 11 is 0. The zero-order valence-electron chi connectivity index (χ0n) is 11.2. The van der Waals surface area contributed by atoms with Crippen LogP contribution in [-0.2, 0) is 0 Å². The van der Waals surface area contributed by atoms with Gasteiger partial charge in [0.2, 0.25) is 0 Å². The smallest absolute Gasteiger partial charge is 0.172 e. The predicted molar refractivity (Wildman–Crippen MR) is 75.1 cm³/mol. The highest BCUT2D eigenvalue weighted by Crippen LogP contribution is 2.34. The van der Waals surface area contributed by atoms with Gasteiger partial charge in [0.25, 0.3) is 0 Å². The number of methoxy groups -OCH3 is 1. The SMILES string of the molecule is COc1ccc(F)cc1Oc1cccn2cc(C#N)cc12. The van der Waals surface area contributed by atoms with Crippen LogP contribution in [0.15, 0.2) is 48.8 Å². The largest absolute Gasteiger partial charge is 0.493 e. The molecular weight excluding hydrogens is 271 g/mol. The van der Waals surface area contributed by atoms with Crippen LogP contribution >= 0.6 is 0 Å². The maximum absolute atomic E-state index is 13.4. The van der Waals surface area contributed by atoms with Crippen LogP contribution in [0.4, 0.5) is 4.39 Å². The van der Waals surface area contributed by atoms with E-state index in [1.54, 1.807) is 28.8 Å². The van der Waals surface area contributed by atoms with Gasteiger partial charge in [0.05, 0.1) is 18.2 Å². The van der Waals surface area contributed by atoms with Crippen molar-refractivity contribution in [3.05, 3.63) is 60.2 Å². The van der Waals surface area contributed by atoms with Crippen molar-refractivity contribution in [2.24, 2.45) is 0 Å². The number of pyridine rings is 1. The molecular formula is C16H11FN2O2. The van der Waals surface area contributed by atoms with Crippen molar-refractivity contribution in [2.75, 3.05) is 7.11 Å². The van der Waals surface area contributed by atoms with Crippen molar-refractivity contribution >= 4 is 5.52 Å². The summed E-state index contributed by atoms with van der Waals surface area (Å²) in [6.07, 6.45) is 3.51. The van der Waals surface area contributed by atoms with E-state index in [2.05, 4.69) is 6.07 Å². The molecule has 0 bridgehead atoms. The third-order valence-corrected chi connectivity index (χ3v) is 3.07. The van der Waals surface area contributed by atoms with Crippen molar-refractivity contribution in [2.45, 2.75) is 0 Å². The van der Waals surface area contributed by atoms with Gasteiger partial charge in [-0.3, -0.25) is 0 Å². The fraction of sp³-hybridized carbons (Fsp3) is 0.0625. The van der Waals surface area contributed by atoms with E-state index in [9.17, 15) is 4.39 Å². The first-order valence-electron chi connectivity index (χ1n) is 6.23. The van der Waals surface area contributed by atoms with Gasteiger partial charge in [0.1, 0.15) is 11.9 Å². The minimum absolute atomic E-state index is 0.283. The number of hydrogen-bond acceptors (Lipinski definition) is 3. The first kappa shape index (κ1) is 13.0. The number of fused-ring (bicyclic) bond motifs is 1. The molecule has 5 heteroatoms. The lowest BCUT2D eigenvalue weighted by Crippen LogP contribution is -1.93. The molecule has 0 aliphatic heterocycles. The summed E-state index contributed by atoms with van der Waals surface area (Å²) in [7, 11) is 1.49. The molecule has 0 N–H and O–H groups in total. The van der Waals surface area contributed by atoms with E-state index < -0.39 is 5.82 Å².